The number of rotatable bonds is 2. The fraction of sp³-hybridized carbons (Fsp3) is 0.400. The average Bonchev–Trinajstić information content (AvgIpc) is 2.39. The maximum atomic E-state index is 10.8. The maximum absolute atomic E-state index is 10.8. The summed E-state index contributed by atoms with van der Waals surface area (Å²) in [6.45, 7) is 2.11. The predicted octanol–water partition coefficient (Wildman–Crippen LogP) is 3.99. The van der Waals surface area contributed by atoms with Crippen molar-refractivity contribution in [3.8, 4) is 0 Å². The van der Waals surface area contributed by atoms with Crippen LogP contribution in [0.1, 0.15) is 54.4 Å². The fourth-order valence-corrected chi connectivity index (χ4v) is 2.51. The molecule has 0 saturated heterocycles. The first-order valence-electron chi connectivity index (χ1n) is 6.18. The van der Waals surface area contributed by atoms with Crippen LogP contribution in [0, 0.1) is 0 Å². The van der Waals surface area contributed by atoms with Gasteiger partial charge in [-0.05, 0) is 56.2 Å². The van der Waals surface area contributed by atoms with Crippen LogP contribution >= 0.6 is 0 Å². The fourth-order valence-electron chi connectivity index (χ4n) is 2.51. The van der Waals surface area contributed by atoms with Crippen molar-refractivity contribution < 1.29 is 9.90 Å². The number of hydrogen-bond acceptors (Lipinski definition) is 1. The predicted molar refractivity (Wildman–Crippen MR) is 68.4 cm³/mol. The van der Waals surface area contributed by atoms with E-state index in [1.165, 1.54) is 31.2 Å². The van der Waals surface area contributed by atoms with Crippen LogP contribution in [0.3, 0.4) is 0 Å². The molecule has 0 bridgehead atoms. The van der Waals surface area contributed by atoms with Gasteiger partial charge in [-0.25, -0.2) is 4.79 Å². The van der Waals surface area contributed by atoms with E-state index in [0.29, 0.717) is 11.5 Å². The molecule has 1 aliphatic carbocycles. The Kier molecular flexibility index (Phi) is 3.62. The molecule has 0 aliphatic heterocycles. The van der Waals surface area contributed by atoms with E-state index in [0.717, 1.165) is 0 Å². The molecule has 1 fully saturated rings. The van der Waals surface area contributed by atoms with Crippen molar-refractivity contribution in [3.05, 3.63) is 47.0 Å². The van der Waals surface area contributed by atoms with Gasteiger partial charge in [0.15, 0.2) is 0 Å². The molecule has 1 aromatic rings. The molecule has 2 heteroatoms. The molecule has 0 atom stereocenters. The molecule has 17 heavy (non-hydrogen) atoms. The lowest BCUT2D eigenvalue weighted by Gasteiger charge is -2.24. The van der Waals surface area contributed by atoms with Crippen molar-refractivity contribution in [1.29, 1.82) is 0 Å². The van der Waals surface area contributed by atoms with Gasteiger partial charge >= 0.3 is 5.97 Å². The van der Waals surface area contributed by atoms with Crippen molar-refractivity contribution >= 4 is 5.97 Å². The van der Waals surface area contributed by atoms with Gasteiger partial charge in [0.2, 0.25) is 0 Å². The third-order valence-electron chi connectivity index (χ3n) is 3.67. The second-order valence-corrected chi connectivity index (χ2v) is 4.65. The Balaban J connectivity index is 2.06. The normalized spacial score (nSPS) is 20.1. The van der Waals surface area contributed by atoms with Crippen LogP contribution in [0.4, 0.5) is 0 Å². The summed E-state index contributed by atoms with van der Waals surface area (Å²) in [5.41, 5.74) is 3.22. The van der Waals surface area contributed by atoms with Crippen LogP contribution in [-0.2, 0) is 0 Å². The zero-order valence-electron chi connectivity index (χ0n) is 10.1. The summed E-state index contributed by atoms with van der Waals surface area (Å²) in [6, 6.07) is 7.36. The molecule has 2 rings (SSSR count). The SMILES string of the molecule is CC=C1CCC(c2ccc(C(=O)O)cc2)CC1. The highest BCUT2D eigenvalue weighted by Gasteiger charge is 2.17. The quantitative estimate of drug-likeness (QED) is 0.780. The lowest BCUT2D eigenvalue weighted by atomic mass is 9.81. The van der Waals surface area contributed by atoms with Gasteiger partial charge in [0.25, 0.3) is 0 Å². The molecule has 0 radical (unpaired) electrons. The van der Waals surface area contributed by atoms with E-state index >= 15 is 0 Å². The Morgan fingerprint density at radius 2 is 1.82 bits per heavy atom. The van der Waals surface area contributed by atoms with Crippen molar-refractivity contribution in [2.75, 3.05) is 0 Å². The van der Waals surface area contributed by atoms with E-state index in [1.807, 2.05) is 12.1 Å². The molecule has 1 N–H and O–H groups in total. The summed E-state index contributed by atoms with van der Waals surface area (Å²) in [6.07, 6.45) is 6.96. The van der Waals surface area contributed by atoms with Crippen LogP contribution < -0.4 is 0 Å². The second kappa shape index (κ2) is 5.17. The lowest BCUT2D eigenvalue weighted by molar-refractivity contribution is 0.0697. The maximum Gasteiger partial charge on any atom is 0.335 e. The molecule has 0 unspecified atom stereocenters. The van der Waals surface area contributed by atoms with Gasteiger partial charge in [-0.2, -0.15) is 0 Å². The monoisotopic (exact) mass is 230 g/mol. The zero-order chi connectivity index (χ0) is 12.3. The number of carbonyl (C=O) groups is 1. The molecule has 0 spiro atoms. The Hall–Kier alpha value is -1.57. The van der Waals surface area contributed by atoms with E-state index in [2.05, 4.69) is 13.0 Å². The number of aromatic carboxylic acids is 1. The minimum absolute atomic E-state index is 0.374. The van der Waals surface area contributed by atoms with Crippen molar-refractivity contribution in [3.63, 3.8) is 0 Å². The number of hydrogen-bond donors (Lipinski definition) is 1. The summed E-state index contributed by atoms with van der Waals surface area (Å²) >= 11 is 0. The van der Waals surface area contributed by atoms with E-state index in [9.17, 15) is 4.79 Å². The van der Waals surface area contributed by atoms with Crippen LogP contribution in [-0.4, -0.2) is 11.1 Å². The van der Waals surface area contributed by atoms with Crippen molar-refractivity contribution in [1.82, 2.24) is 0 Å². The minimum Gasteiger partial charge on any atom is -0.478 e. The standard InChI is InChI=1S/C15H18O2/c1-2-11-3-5-12(6-4-11)13-7-9-14(10-8-13)15(16)17/h2,7-10,12H,3-6H2,1H3,(H,16,17). The van der Waals surface area contributed by atoms with E-state index in [-0.39, 0.29) is 0 Å². The van der Waals surface area contributed by atoms with E-state index in [1.54, 1.807) is 17.7 Å². The minimum atomic E-state index is -0.851. The summed E-state index contributed by atoms with van der Waals surface area (Å²) in [5.74, 6) is -0.252. The topological polar surface area (TPSA) is 37.3 Å². The van der Waals surface area contributed by atoms with Crippen LogP contribution in [0.2, 0.25) is 0 Å². The van der Waals surface area contributed by atoms with E-state index in [4.69, 9.17) is 5.11 Å². The largest absolute Gasteiger partial charge is 0.478 e. The summed E-state index contributed by atoms with van der Waals surface area (Å²) < 4.78 is 0. The number of carboxylic acid groups (broad SMARTS) is 1. The molecule has 1 aliphatic rings. The van der Waals surface area contributed by atoms with Gasteiger partial charge in [-0.1, -0.05) is 23.8 Å². The molecule has 90 valence electrons. The van der Waals surface area contributed by atoms with Crippen LogP contribution in [0.15, 0.2) is 35.9 Å². The lowest BCUT2D eigenvalue weighted by Crippen LogP contribution is -2.07. The van der Waals surface area contributed by atoms with Gasteiger partial charge in [0, 0.05) is 0 Å². The molecule has 0 amide bonds. The first kappa shape index (κ1) is 11.9. The zero-order valence-corrected chi connectivity index (χ0v) is 10.1. The van der Waals surface area contributed by atoms with Crippen molar-refractivity contribution in [2.24, 2.45) is 0 Å². The Morgan fingerprint density at radius 3 is 2.29 bits per heavy atom. The first-order chi connectivity index (χ1) is 8.20. The summed E-state index contributed by atoms with van der Waals surface area (Å²) in [7, 11) is 0. The molecule has 0 aromatic heterocycles. The Labute approximate surface area is 102 Å². The Bertz CT molecular complexity index is 419. The molecule has 1 saturated carbocycles. The summed E-state index contributed by atoms with van der Waals surface area (Å²) in [5, 5.41) is 8.85. The second-order valence-electron chi connectivity index (χ2n) is 4.65. The first-order valence-corrected chi connectivity index (χ1v) is 6.18. The average molecular weight is 230 g/mol. The molecular weight excluding hydrogens is 212 g/mol. The molecule has 1 aromatic carbocycles. The third-order valence-corrected chi connectivity index (χ3v) is 3.67. The highest BCUT2D eigenvalue weighted by atomic mass is 16.4. The summed E-state index contributed by atoms with van der Waals surface area (Å²) in [4.78, 5) is 10.8. The van der Waals surface area contributed by atoms with Gasteiger partial charge in [0.1, 0.15) is 0 Å². The molecule has 0 heterocycles. The van der Waals surface area contributed by atoms with Gasteiger partial charge < -0.3 is 5.11 Å². The highest BCUT2D eigenvalue weighted by Crippen LogP contribution is 2.35. The Morgan fingerprint density at radius 1 is 1.24 bits per heavy atom. The number of allylic oxidation sites excluding steroid dienone is 2. The van der Waals surface area contributed by atoms with Gasteiger partial charge in [-0.15, -0.1) is 0 Å². The van der Waals surface area contributed by atoms with Crippen molar-refractivity contribution in [2.45, 2.75) is 38.5 Å². The van der Waals surface area contributed by atoms with Gasteiger partial charge in [-0.3, -0.25) is 0 Å². The number of carboxylic acids is 1. The number of benzene rings is 1. The molecular formula is C15H18O2. The smallest absolute Gasteiger partial charge is 0.335 e. The third kappa shape index (κ3) is 2.76. The van der Waals surface area contributed by atoms with Crippen LogP contribution in [0.5, 0.6) is 0 Å². The van der Waals surface area contributed by atoms with E-state index < -0.39 is 5.97 Å². The molecule has 2 nitrogen and oxygen atoms in total. The highest BCUT2D eigenvalue weighted by molar-refractivity contribution is 5.87. The van der Waals surface area contributed by atoms with Crippen LogP contribution in [0.25, 0.3) is 0 Å². The van der Waals surface area contributed by atoms with Gasteiger partial charge in [0.05, 0.1) is 5.56 Å².